The predicted molar refractivity (Wildman–Crippen MR) is 68.9 cm³/mol. The molecule has 0 aliphatic heterocycles. The molecule has 4 heteroatoms. The summed E-state index contributed by atoms with van der Waals surface area (Å²) in [7, 11) is 0. The van der Waals surface area contributed by atoms with Crippen LogP contribution >= 0.6 is 11.8 Å². The van der Waals surface area contributed by atoms with Gasteiger partial charge in [0.25, 0.3) is 0 Å². The van der Waals surface area contributed by atoms with Crippen molar-refractivity contribution in [1.29, 1.82) is 0 Å². The molecule has 88 valence electrons. The monoisotopic (exact) mass is 237 g/mol. The third-order valence-corrected chi connectivity index (χ3v) is 3.70. The van der Waals surface area contributed by atoms with Crippen LogP contribution in [0.1, 0.15) is 38.5 Å². The van der Waals surface area contributed by atoms with Crippen LogP contribution in [0.2, 0.25) is 0 Å². The third-order valence-electron chi connectivity index (χ3n) is 3.06. The second kappa shape index (κ2) is 6.09. The molecule has 0 saturated heterocycles. The fourth-order valence-electron chi connectivity index (χ4n) is 2.16. The molecule has 0 aromatic carbocycles. The molecule has 1 aliphatic rings. The first kappa shape index (κ1) is 11.7. The maximum atomic E-state index is 4.28. The van der Waals surface area contributed by atoms with Crippen LogP contribution in [0.3, 0.4) is 0 Å². The quantitative estimate of drug-likeness (QED) is 0.497. The number of hydrogen-bond acceptors (Lipinski definition) is 4. The molecule has 0 unspecified atom stereocenters. The van der Waals surface area contributed by atoms with Crippen molar-refractivity contribution in [2.75, 3.05) is 11.6 Å². The molecule has 1 heterocycles. The summed E-state index contributed by atoms with van der Waals surface area (Å²) in [5.41, 5.74) is 0. The second-order valence-electron chi connectivity index (χ2n) is 4.28. The van der Waals surface area contributed by atoms with Crippen LogP contribution in [0.25, 0.3) is 0 Å². The average Bonchev–Trinajstić information content (AvgIpc) is 2.58. The minimum atomic E-state index is 0.604. The average molecular weight is 237 g/mol. The van der Waals surface area contributed by atoms with Gasteiger partial charge >= 0.3 is 0 Å². The molecule has 0 bridgehead atoms. The summed E-state index contributed by atoms with van der Waals surface area (Å²) in [6.45, 7) is 0. The smallest absolute Gasteiger partial charge is 0.130 e. The maximum absolute atomic E-state index is 4.28. The zero-order valence-electron chi connectivity index (χ0n) is 9.78. The highest BCUT2D eigenvalue weighted by Gasteiger charge is 2.12. The van der Waals surface area contributed by atoms with Crippen LogP contribution in [0, 0.1) is 0 Å². The summed E-state index contributed by atoms with van der Waals surface area (Å²) in [5, 5.41) is 4.56. The van der Waals surface area contributed by atoms with Crippen LogP contribution in [0.5, 0.6) is 0 Å². The van der Waals surface area contributed by atoms with Gasteiger partial charge in [0.05, 0.1) is 0 Å². The Bertz CT molecular complexity index is 322. The summed E-state index contributed by atoms with van der Waals surface area (Å²) in [5.74, 6) is 0.978. The van der Waals surface area contributed by atoms with Gasteiger partial charge in [-0.05, 0) is 19.1 Å². The van der Waals surface area contributed by atoms with Crippen molar-refractivity contribution in [2.24, 2.45) is 0 Å². The van der Waals surface area contributed by atoms with Gasteiger partial charge in [0, 0.05) is 12.1 Å². The van der Waals surface area contributed by atoms with Crippen LogP contribution in [0.4, 0.5) is 5.82 Å². The number of rotatable bonds is 3. The Hall–Kier alpha value is -0.770. The van der Waals surface area contributed by atoms with E-state index in [4.69, 9.17) is 0 Å². The molecular formula is C12H19N3S. The van der Waals surface area contributed by atoms with Crippen LogP contribution < -0.4 is 5.32 Å². The molecule has 16 heavy (non-hydrogen) atoms. The lowest BCUT2D eigenvalue weighted by Gasteiger charge is -2.16. The van der Waals surface area contributed by atoms with E-state index in [9.17, 15) is 0 Å². The summed E-state index contributed by atoms with van der Waals surface area (Å²) >= 11 is 1.66. The van der Waals surface area contributed by atoms with Crippen molar-refractivity contribution in [1.82, 2.24) is 9.97 Å². The highest BCUT2D eigenvalue weighted by molar-refractivity contribution is 7.98. The molecule has 3 nitrogen and oxygen atoms in total. The number of hydrogen-bond donors (Lipinski definition) is 1. The lowest BCUT2D eigenvalue weighted by atomic mass is 10.1. The molecular weight excluding hydrogens is 218 g/mol. The molecule has 1 N–H and O–H groups in total. The SMILES string of the molecule is CSc1cc(NC2CCCCCC2)ncn1. The molecule has 1 aromatic rings. The van der Waals surface area contributed by atoms with Gasteiger partial charge in [-0.15, -0.1) is 11.8 Å². The number of nitrogens with one attached hydrogen (secondary N) is 1. The van der Waals surface area contributed by atoms with Crippen molar-refractivity contribution in [3.8, 4) is 0 Å². The van der Waals surface area contributed by atoms with Gasteiger partial charge in [-0.2, -0.15) is 0 Å². The molecule has 2 rings (SSSR count). The highest BCUT2D eigenvalue weighted by atomic mass is 32.2. The lowest BCUT2D eigenvalue weighted by Crippen LogP contribution is -2.19. The molecule has 0 radical (unpaired) electrons. The molecule has 1 aliphatic carbocycles. The first-order valence-corrected chi connectivity index (χ1v) is 7.23. The Balaban J connectivity index is 1.96. The van der Waals surface area contributed by atoms with E-state index in [1.807, 2.05) is 12.3 Å². The number of anilines is 1. The minimum absolute atomic E-state index is 0.604. The Labute approximate surface area is 101 Å². The van der Waals surface area contributed by atoms with Crippen LogP contribution in [0.15, 0.2) is 17.4 Å². The number of nitrogens with zero attached hydrogens (tertiary/aromatic N) is 2. The third kappa shape index (κ3) is 3.37. The lowest BCUT2D eigenvalue weighted by molar-refractivity contribution is 0.617. The Morgan fingerprint density at radius 3 is 2.62 bits per heavy atom. The zero-order chi connectivity index (χ0) is 11.2. The van der Waals surface area contributed by atoms with Crippen molar-refractivity contribution in [3.05, 3.63) is 12.4 Å². The normalized spacial score (nSPS) is 18.1. The van der Waals surface area contributed by atoms with Gasteiger partial charge in [0.15, 0.2) is 0 Å². The Kier molecular flexibility index (Phi) is 4.45. The van der Waals surface area contributed by atoms with Gasteiger partial charge in [-0.3, -0.25) is 0 Å². The molecule has 1 fully saturated rings. The van der Waals surface area contributed by atoms with E-state index in [0.717, 1.165) is 10.8 Å². The standard InChI is InChI=1S/C12H19N3S/c1-16-12-8-11(13-9-14-12)15-10-6-4-2-3-5-7-10/h8-10H,2-7H2,1H3,(H,13,14,15). The van der Waals surface area contributed by atoms with Crippen molar-refractivity contribution in [2.45, 2.75) is 49.6 Å². The van der Waals surface area contributed by atoms with E-state index in [0.29, 0.717) is 6.04 Å². The molecule has 0 spiro atoms. The van der Waals surface area contributed by atoms with E-state index >= 15 is 0 Å². The molecule has 1 aromatic heterocycles. The molecule has 0 amide bonds. The van der Waals surface area contributed by atoms with Gasteiger partial charge in [0.1, 0.15) is 17.2 Å². The van der Waals surface area contributed by atoms with Gasteiger partial charge in [0.2, 0.25) is 0 Å². The largest absolute Gasteiger partial charge is 0.367 e. The topological polar surface area (TPSA) is 37.8 Å². The summed E-state index contributed by atoms with van der Waals surface area (Å²) < 4.78 is 0. The van der Waals surface area contributed by atoms with Crippen molar-refractivity contribution >= 4 is 17.6 Å². The van der Waals surface area contributed by atoms with E-state index < -0.39 is 0 Å². The van der Waals surface area contributed by atoms with Crippen LogP contribution in [-0.4, -0.2) is 22.3 Å². The minimum Gasteiger partial charge on any atom is -0.367 e. The summed E-state index contributed by atoms with van der Waals surface area (Å²) in [6.07, 6.45) is 11.7. The Morgan fingerprint density at radius 2 is 1.94 bits per heavy atom. The van der Waals surface area contributed by atoms with Gasteiger partial charge < -0.3 is 5.32 Å². The fraction of sp³-hybridized carbons (Fsp3) is 0.667. The first-order valence-electron chi connectivity index (χ1n) is 6.01. The zero-order valence-corrected chi connectivity index (χ0v) is 10.6. The number of thioether (sulfide) groups is 1. The number of aromatic nitrogens is 2. The highest BCUT2D eigenvalue weighted by Crippen LogP contribution is 2.21. The van der Waals surface area contributed by atoms with E-state index in [-0.39, 0.29) is 0 Å². The molecule has 0 atom stereocenters. The maximum Gasteiger partial charge on any atom is 0.130 e. The van der Waals surface area contributed by atoms with Crippen molar-refractivity contribution in [3.63, 3.8) is 0 Å². The van der Waals surface area contributed by atoms with Gasteiger partial charge in [-0.1, -0.05) is 25.7 Å². The van der Waals surface area contributed by atoms with Crippen molar-refractivity contribution < 1.29 is 0 Å². The van der Waals surface area contributed by atoms with Gasteiger partial charge in [-0.25, -0.2) is 9.97 Å². The van der Waals surface area contributed by atoms with E-state index in [2.05, 4.69) is 15.3 Å². The fourth-order valence-corrected chi connectivity index (χ4v) is 2.54. The first-order chi connectivity index (χ1) is 7.88. The van der Waals surface area contributed by atoms with Crippen LogP contribution in [-0.2, 0) is 0 Å². The second-order valence-corrected chi connectivity index (χ2v) is 5.10. The Morgan fingerprint density at radius 1 is 1.19 bits per heavy atom. The predicted octanol–water partition coefficient (Wildman–Crippen LogP) is 3.33. The van der Waals surface area contributed by atoms with E-state index in [1.54, 1.807) is 18.1 Å². The molecule has 1 saturated carbocycles. The summed E-state index contributed by atoms with van der Waals surface area (Å²) in [4.78, 5) is 8.46. The summed E-state index contributed by atoms with van der Waals surface area (Å²) in [6, 6.07) is 2.64. The van der Waals surface area contributed by atoms with E-state index in [1.165, 1.54) is 38.5 Å².